The molecule has 1 aromatic heterocycles. The molecule has 2 aliphatic rings. The second-order valence-corrected chi connectivity index (χ2v) is 7.61. The summed E-state index contributed by atoms with van der Waals surface area (Å²) in [5.74, 6) is 0.731. The van der Waals surface area contributed by atoms with E-state index in [1.54, 1.807) is 12.7 Å². The third kappa shape index (κ3) is 4.12. The van der Waals surface area contributed by atoms with Crippen LogP contribution in [0.1, 0.15) is 49.6 Å². The van der Waals surface area contributed by atoms with Crippen LogP contribution in [0.25, 0.3) is 0 Å². The van der Waals surface area contributed by atoms with Gasteiger partial charge in [-0.1, -0.05) is 30.3 Å². The summed E-state index contributed by atoms with van der Waals surface area (Å²) in [6, 6.07) is 11.4. The van der Waals surface area contributed by atoms with E-state index in [0.29, 0.717) is 24.5 Å². The molecule has 0 radical (unpaired) electrons. The molecule has 1 amide bonds. The van der Waals surface area contributed by atoms with Crippen LogP contribution in [0.3, 0.4) is 0 Å². The van der Waals surface area contributed by atoms with Gasteiger partial charge in [0.2, 0.25) is 5.91 Å². The number of benzene rings is 1. The number of carbonyl (C=O) groups excluding carboxylic acids is 1. The summed E-state index contributed by atoms with van der Waals surface area (Å²) < 4.78 is 2.09. The number of amides is 1. The first kappa shape index (κ1) is 17.2. The minimum absolute atomic E-state index is 0.173. The number of nitrogens with one attached hydrogen (secondary N) is 1. The van der Waals surface area contributed by atoms with Gasteiger partial charge in [-0.3, -0.25) is 9.69 Å². The van der Waals surface area contributed by atoms with Crippen LogP contribution in [0.4, 0.5) is 0 Å². The monoisotopic (exact) mass is 353 g/mol. The van der Waals surface area contributed by atoms with Crippen molar-refractivity contribution < 1.29 is 4.79 Å². The predicted molar refractivity (Wildman–Crippen MR) is 99.7 cm³/mol. The lowest BCUT2D eigenvalue weighted by Crippen LogP contribution is -2.43. The van der Waals surface area contributed by atoms with E-state index in [2.05, 4.69) is 55.3 Å². The quantitative estimate of drug-likeness (QED) is 0.896. The maximum atomic E-state index is 12.4. The molecule has 1 N–H and O–H groups in total. The minimum atomic E-state index is 0.173. The molecule has 1 aromatic carbocycles. The molecule has 1 saturated heterocycles. The van der Waals surface area contributed by atoms with Gasteiger partial charge in [-0.05, 0) is 50.1 Å². The summed E-state index contributed by atoms with van der Waals surface area (Å²) >= 11 is 0. The molecule has 0 bridgehead atoms. The molecular formula is C20H27N5O. The number of carbonyl (C=O) groups is 1. The second-order valence-electron chi connectivity index (χ2n) is 7.61. The van der Waals surface area contributed by atoms with Crippen LogP contribution in [-0.2, 0) is 4.79 Å². The lowest BCUT2D eigenvalue weighted by atomic mass is 9.91. The van der Waals surface area contributed by atoms with E-state index < -0.39 is 0 Å². The van der Waals surface area contributed by atoms with E-state index in [1.165, 1.54) is 5.56 Å². The first-order chi connectivity index (χ1) is 12.8. The van der Waals surface area contributed by atoms with E-state index in [0.717, 1.165) is 45.2 Å². The van der Waals surface area contributed by atoms with Crippen molar-refractivity contribution >= 4 is 5.91 Å². The molecule has 6 nitrogen and oxygen atoms in total. The predicted octanol–water partition coefficient (Wildman–Crippen LogP) is 2.37. The van der Waals surface area contributed by atoms with Gasteiger partial charge in [-0.2, -0.15) is 0 Å². The number of nitrogens with zero attached hydrogens (tertiary/aromatic N) is 4. The average Bonchev–Trinajstić information content (AvgIpc) is 3.35. The first-order valence-corrected chi connectivity index (χ1v) is 9.68. The van der Waals surface area contributed by atoms with Gasteiger partial charge in [-0.25, -0.2) is 0 Å². The van der Waals surface area contributed by atoms with Crippen molar-refractivity contribution in [3.63, 3.8) is 0 Å². The molecule has 1 saturated carbocycles. The van der Waals surface area contributed by atoms with Crippen molar-refractivity contribution in [1.82, 2.24) is 25.0 Å². The van der Waals surface area contributed by atoms with Crippen LogP contribution < -0.4 is 5.32 Å². The smallest absolute Gasteiger partial charge is 0.234 e. The van der Waals surface area contributed by atoms with Crippen LogP contribution in [0.5, 0.6) is 0 Å². The molecule has 0 spiro atoms. The van der Waals surface area contributed by atoms with Gasteiger partial charge in [0.25, 0.3) is 0 Å². The normalized spacial score (nSPS) is 26.7. The Labute approximate surface area is 154 Å². The molecule has 0 unspecified atom stereocenters. The first-order valence-electron chi connectivity index (χ1n) is 9.68. The SMILES string of the molecule is O=C(CN1CC[C@H](c2ccccc2)C1)NC1CCC(n2cnnc2)CC1. The molecule has 26 heavy (non-hydrogen) atoms. The topological polar surface area (TPSA) is 63.1 Å². The van der Waals surface area contributed by atoms with E-state index in [-0.39, 0.29) is 5.91 Å². The molecule has 1 aliphatic carbocycles. The highest BCUT2D eigenvalue weighted by Gasteiger charge is 2.27. The Morgan fingerprint density at radius 2 is 1.77 bits per heavy atom. The molecular weight excluding hydrogens is 326 g/mol. The summed E-state index contributed by atoms with van der Waals surface area (Å²) in [4.78, 5) is 14.7. The molecule has 2 aromatic rings. The lowest BCUT2D eigenvalue weighted by Gasteiger charge is -2.30. The largest absolute Gasteiger partial charge is 0.352 e. The van der Waals surface area contributed by atoms with Gasteiger partial charge in [-0.15, -0.1) is 10.2 Å². The maximum absolute atomic E-state index is 12.4. The van der Waals surface area contributed by atoms with Crippen molar-refractivity contribution in [2.45, 2.75) is 50.1 Å². The van der Waals surface area contributed by atoms with E-state index in [9.17, 15) is 4.79 Å². The highest BCUT2D eigenvalue weighted by Crippen LogP contribution is 2.28. The van der Waals surface area contributed by atoms with Crippen LogP contribution in [0, 0.1) is 0 Å². The fourth-order valence-corrected chi connectivity index (χ4v) is 4.37. The minimum Gasteiger partial charge on any atom is -0.352 e. The Morgan fingerprint density at radius 3 is 2.50 bits per heavy atom. The maximum Gasteiger partial charge on any atom is 0.234 e. The summed E-state index contributed by atoms with van der Waals surface area (Å²) in [6.45, 7) is 2.51. The standard InChI is InChI=1S/C20H27N5O/c26-20(13-24-11-10-17(12-24)16-4-2-1-3-5-16)23-18-6-8-19(9-7-18)25-14-21-22-15-25/h1-5,14-15,17-19H,6-13H2,(H,23,26)/t17-,18?,19?/m0/s1. The van der Waals surface area contributed by atoms with Gasteiger partial charge in [0, 0.05) is 18.6 Å². The molecule has 4 rings (SSSR count). The van der Waals surface area contributed by atoms with Crippen LogP contribution >= 0.6 is 0 Å². The Morgan fingerprint density at radius 1 is 1.04 bits per heavy atom. The highest BCUT2D eigenvalue weighted by atomic mass is 16.2. The Kier molecular flexibility index (Phi) is 5.29. The van der Waals surface area contributed by atoms with Crippen molar-refractivity contribution in [1.29, 1.82) is 0 Å². The summed E-state index contributed by atoms with van der Waals surface area (Å²) in [5, 5.41) is 11.0. The number of hydrogen-bond donors (Lipinski definition) is 1. The van der Waals surface area contributed by atoms with Crippen molar-refractivity contribution in [2.24, 2.45) is 0 Å². The molecule has 1 atom stereocenters. The van der Waals surface area contributed by atoms with Crippen molar-refractivity contribution in [3.05, 3.63) is 48.5 Å². The third-order valence-electron chi connectivity index (χ3n) is 5.83. The summed E-state index contributed by atoms with van der Waals surface area (Å²) in [5.41, 5.74) is 1.39. The number of likely N-dealkylation sites (tertiary alicyclic amines) is 1. The van der Waals surface area contributed by atoms with E-state index in [4.69, 9.17) is 0 Å². The van der Waals surface area contributed by atoms with Gasteiger partial charge in [0.1, 0.15) is 12.7 Å². The molecule has 2 fully saturated rings. The molecule has 2 heterocycles. The Bertz CT molecular complexity index is 694. The number of hydrogen-bond acceptors (Lipinski definition) is 4. The lowest BCUT2D eigenvalue weighted by molar-refractivity contribution is -0.123. The molecule has 1 aliphatic heterocycles. The third-order valence-corrected chi connectivity index (χ3v) is 5.83. The van der Waals surface area contributed by atoms with Gasteiger partial charge < -0.3 is 9.88 Å². The average molecular weight is 353 g/mol. The Balaban J connectivity index is 1.20. The fourth-order valence-electron chi connectivity index (χ4n) is 4.37. The highest BCUT2D eigenvalue weighted by molar-refractivity contribution is 5.78. The zero-order chi connectivity index (χ0) is 17.8. The number of aromatic nitrogens is 3. The Hall–Kier alpha value is -2.21. The van der Waals surface area contributed by atoms with Crippen LogP contribution in [-0.4, -0.2) is 51.2 Å². The zero-order valence-electron chi connectivity index (χ0n) is 15.1. The van der Waals surface area contributed by atoms with E-state index >= 15 is 0 Å². The van der Waals surface area contributed by atoms with E-state index in [1.807, 2.05) is 0 Å². The van der Waals surface area contributed by atoms with Crippen LogP contribution in [0.2, 0.25) is 0 Å². The fraction of sp³-hybridized carbons (Fsp3) is 0.550. The van der Waals surface area contributed by atoms with Crippen LogP contribution in [0.15, 0.2) is 43.0 Å². The molecule has 138 valence electrons. The van der Waals surface area contributed by atoms with Gasteiger partial charge >= 0.3 is 0 Å². The zero-order valence-corrected chi connectivity index (χ0v) is 15.1. The van der Waals surface area contributed by atoms with Gasteiger partial charge in [0.05, 0.1) is 6.54 Å². The summed E-state index contributed by atoms with van der Waals surface area (Å²) in [7, 11) is 0. The van der Waals surface area contributed by atoms with Crippen molar-refractivity contribution in [3.8, 4) is 0 Å². The number of rotatable bonds is 5. The molecule has 6 heteroatoms. The van der Waals surface area contributed by atoms with Crippen molar-refractivity contribution in [2.75, 3.05) is 19.6 Å². The van der Waals surface area contributed by atoms with Gasteiger partial charge in [0.15, 0.2) is 0 Å². The summed E-state index contributed by atoms with van der Waals surface area (Å²) in [6.07, 6.45) is 8.93. The second kappa shape index (κ2) is 7.99.